The molecule has 4 nitrogen and oxygen atoms in total. The number of hydrazone groups is 1. The Bertz CT molecular complexity index is 1030. The van der Waals surface area contributed by atoms with E-state index >= 15 is 0 Å². The second-order valence-electron chi connectivity index (χ2n) is 8.58. The van der Waals surface area contributed by atoms with Crippen LogP contribution in [0.25, 0.3) is 0 Å². The molecule has 156 valence electrons. The van der Waals surface area contributed by atoms with Crippen molar-refractivity contribution in [3.05, 3.63) is 63.9 Å². The van der Waals surface area contributed by atoms with Crippen molar-refractivity contribution in [1.82, 2.24) is 5.01 Å². The van der Waals surface area contributed by atoms with Crippen LogP contribution in [0.3, 0.4) is 0 Å². The summed E-state index contributed by atoms with van der Waals surface area (Å²) >= 11 is 3.21. The number of carbonyl (C=O) groups is 1. The van der Waals surface area contributed by atoms with Crippen LogP contribution in [0.2, 0.25) is 0 Å². The number of carbonyl (C=O) groups excluding carboxylic acids is 1. The molecule has 1 aliphatic heterocycles. The molecule has 2 bridgehead atoms. The maximum Gasteiger partial charge on any atom is 0.249 e. The average molecular weight is 479 g/mol. The molecule has 8 heteroatoms. The summed E-state index contributed by atoms with van der Waals surface area (Å²) in [6.07, 6.45) is 3.96. The van der Waals surface area contributed by atoms with Gasteiger partial charge in [0.25, 0.3) is 0 Å². The van der Waals surface area contributed by atoms with Gasteiger partial charge in [0.2, 0.25) is 5.91 Å². The maximum absolute atomic E-state index is 13.9. The number of halogens is 4. The zero-order chi connectivity index (χ0) is 21.1. The standard InChI is InChI=1S/C22H18BrF3N2O2/c23-14-1-2-19(17(26)7-14)30-12-21-9-22(10-21,11-21)20(29)28-18(3-4-27-28)13-5-15(24)8-16(25)6-13/h1-2,4-8,18H,3,9-12H2. The number of hydrogen-bond donors (Lipinski definition) is 0. The fourth-order valence-corrected chi connectivity index (χ4v) is 5.43. The van der Waals surface area contributed by atoms with Gasteiger partial charge in [-0.2, -0.15) is 5.10 Å². The SMILES string of the molecule is O=C(N1N=CCC1c1cc(F)cc(F)c1)C12CC(COc3ccc(Br)cc3F)(C1)C2. The first-order valence-electron chi connectivity index (χ1n) is 9.69. The molecular formula is C22H18BrF3N2O2. The van der Waals surface area contributed by atoms with Crippen molar-refractivity contribution in [2.45, 2.75) is 31.7 Å². The third-order valence-electron chi connectivity index (χ3n) is 6.33. The highest BCUT2D eigenvalue weighted by Crippen LogP contribution is 2.74. The first-order valence-corrected chi connectivity index (χ1v) is 10.5. The lowest BCUT2D eigenvalue weighted by atomic mass is 9.35. The van der Waals surface area contributed by atoms with Crippen molar-refractivity contribution in [3.8, 4) is 5.75 Å². The summed E-state index contributed by atoms with van der Waals surface area (Å²) < 4.78 is 47.5. The third kappa shape index (κ3) is 3.12. The van der Waals surface area contributed by atoms with E-state index in [2.05, 4.69) is 21.0 Å². The van der Waals surface area contributed by atoms with Gasteiger partial charge in [-0.3, -0.25) is 4.79 Å². The number of ether oxygens (including phenoxy) is 1. The highest BCUT2D eigenvalue weighted by molar-refractivity contribution is 9.10. The third-order valence-corrected chi connectivity index (χ3v) is 6.82. The van der Waals surface area contributed by atoms with Gasteiger partial charge in [0, 0.05) is 28.6 Å². The Labute approximate surface area is 179 Å². The highest BCUT2D eigenvalue weighted by atomic mass is 79.9. The van der Waals surface area contributed by atoms with E-state index in [0.717, 1.165) is 6.07 Å². The number of rotatable bonds is 5. The fourth-order valence-electron chi connectivity index (χ4n) is 5.10. The molecule has 3 aliphatic carbocycles. The van der Waals surface area contributed by atoms with Gasteiger partial charge in [-0.05, 0) is 55.2 Å². The predicted molar refractivity (Wildman–Crippen MR) is 107 cm³/mol. The predicted octanol–water partition coefficient (Wildman–Crippen LogP) is 5.37. The van der Waals surface area contributed by atoms with Crippen LogP contribution >= 0.6 is 15.9 Å². The molecule has 0 spiro atoms. The van der Waals surface area contributed by atoms with E-state index in [9.17, 15) is 18.0 Å². The van der Waals surface area contributed by atoms with Crippen LogP contribution in [0.1, 0.15) is 37.3 Å². The lowest BCUT2D eigenvalue weighted by molar-refractivity contribution is -0.227. The van der Waals surface area contributed by atoms with Crippen LogP contribution in [0.4, 0.5) is 13.2 Å². The number of benzene rings is 2. The molecular weight excluding hydrogens is 461 g/mol. The van der Waals surface area contributed by atoms with Gasteiger partial charge in [0.15, 0.2) is 11.6 Å². The Kier molecular flexibility index (Phi) is 4.47. The number of nitrogens with zero attached hydrogens (tertiary/aromatic N) is 2. The first kappa shape index (κ1) is 19.6. The van der Waals surface area contributed by atoms with E-state index in [1.807, 2.05) is 0 Å². The monoisotopic (exact) mass is 478 g/mol. The van der Waals surface area contributed by atoms with E-state index in [-0.39, 0.29) is 17.1 Å². The topological polar surface area (TPSA) is 41.9 Å². The van der Waals surface area contributed by atoms with Crippen molar-refractivity contribution in [2.24, 2.45) is 15.9 Å². The van der Waals surface area contributed by atoms with E-state index in [0.29, 0.717) is 42.3 Å². The van der Waals surface area contributed by atoms with E-state index < -0.39 is 28.9 Å². The van der Waals surface area contributed by atoms with Gasteiger partial charge in [-0.15, -0.1) is 0 Å². The summed E-state index contributed by atoms with van der Waals surface area (Å²) in [5, 5.41) is 5.56. The summed E-state index contributed by atoms with van der Waals surface area (Å²) in [7, 11) is 0. The molecule has 6 rings (SSSR count). The largest absolute Gasteiger partial charge is 0.490 e. The lowest BCUT2D eigenvalue weighted by Crippen LogP contribution is -2.69. The maximum atomic E-state index is 13.9. The van der Waals surface area contributed by atoms with Crippen molar-refractivity contribution in [1.29, 1.82) is 0 Å². The molecule has 3 saturated carbocycles. The number of hydrogen-bond acceptors (Lipinski definition) is 3. The Hall–Kier alpha value is -2.35. The summed E-state index contributed by atoms with van der Waals surface area (Å²) in [6, 6.07) is 7.44. The van der Waals surface area contributed by atoms with Crippen LogP contribution in [0.5, 0.6) is 5.75 Å². The molecule has 0 radical (unpaired) electrons. The highest BCUT2D eigenvalue weighted by Gasteiger charge is 2.72. The number of amides is 1. The van der Waals surface area contributed by atoms with Crippen molar-refractivity contribution < 1.29 is 22.7 Å². The van der Waals surface area contributed by atoms with Gasteiger partial charge >= 0.3 is 0 Å². The van der Waals surface area contributed by atoms with Gasteiger partial charge in [-0.1, -0.05) is 15.9 Å². The van der Waals surface area contributed by atoms with Gasteiger partial charge < -0.3 is 4.74 Å². The second kappa shape index (κ2) is 6.83. The summed E-state index contributed by atoms with van der Waals surface area (Å²) in [4.78, 5) is 13.2. The Morgan fingerprint density at radius 1 is 1.13 bits per heavy atom. The van der Waals surface area contributed by atoms with Crippen LogP contribution in [0.15, 0.2) is 46.0 Å². The minimum absolute atomic E-state index is 0.123. The zero-order valence-corrected chi connectivity index (χ0v) is 17.5. The minimum atomic E-state index is -0.675. The van der Waals surface area contributed by atoms with Crippen molar-refractivity contribution in [3.63, 3.8) is 0 Å². The molecule has 30 heavy (non-hydrogen) atoms. The molecule has 1 unspecified atom stereocenters. The second-order valence-corrected chi connectivity index (χ2v) is 9.49. The summed E-state index contributed by atoms with van der Waals surface area (Å²) in [5.41, 5.74) is -0.235. The van der Waals surface area contributed by atoms with Gasteiger partial charge in [-0.25, -0.2) is 18.2 Å². The minimum Gasteiger partial charge on any atom is -0.490 e. The molecule has 1 heterocycles. The van der Waals surface area contributed by atoms with Crippen molar-refractivity contribution >= 4 is 28.1 Å². The Morgan fingerprint density at radius 2 is 1.83 bits per heavy atom. The fraction of sp³-hybridized carbons (Fsp3) is 0.364. The van der Waals surface area contributed by atoms with Crippen molar-refractivity contribution in [2.75, 3.05) is 6.61 Å². The van der Waals surface area contributed by atoms with Crippen LogP contribution < -0.4 is 4.74 Å². The van der Waals surface area contributed by atoms with Crippen LogP contribution in [-0.4, -0.2) is 23.7 Å². The molecule has 3 fully saturated rings. The van der Waals surface area contributed by atoms with E-state index in [1.54, 1.807) is 18.3 Å². The Balaban J connectivity index is 1.24. The zero-order valence-electron chi connectivity index (χ0n) is 15.9. The first-order chi connectivity index (χ1) is 14.3. The smallest absolute Gasteiger partial charge is 0.249 e. The molecule has 2 aromatic carbocycles. The molecule has 2 aromatic rings. The molecule has 0 N–H and O–H groups in total. The molecule has 0 aromatic heterocycles. The van der Waals surface area contributed by atoms with Gasteiger partial charge in [0.05, 0.1) is 18.1 Å². The molecule has 4 aliphatic rings. The van der Waals surface area contributed by atoms with E-state index in [4.69, 9.17) is 4.74 Å². The quantitative estimate of drug-likeness (QED) is 0.579. The van der Waals surface area contributed by atoms with Gasteiger partial charge in [0.1, 0.15) is 11.6 Å². The normalized spacial score (nSPS) is 28.8. The Morgan fingerprint density at radius 3 is 2.50 bits per heavy atom. The summed E-state index contributed by atoms with van der Waals surface area (Å²) in [5.74, 6) is -1.71. The molecule has 0 saturated heterocycles. The molecule has 1 amide bonds. The molecule has 1 atom stereocenters. The van der Waals surface area contributed by atoms with E-state index in [1.165, 1.54) is 23.2 Å². The van der Waals surface area contributed by atoms with Crippen LogP contribution in [0, 0.1) is 28.3 Å². The summed E-state index contributed by atoms with van der Waals surface area (Å²) in [6.45, 7) is 0.350. The lowest BCUT2D eigenvalue weighted by Gasteiger charge is -2.69. The van der Waals surface area contributed by atoms with Crippen LogP contribution in [-0.2, 0) is 4.79 Å². The average Bonchev–Trinajstić information content (AvgIpc) is 3.09.